The van der Waals surface area contributed by atoms with Gasteiger partial charge in [-0.2, -0.15) is 30.3 Å². The largest absolute Gasteiger partial charge is 2.00 e. The summed E-state index contributed by atoms with van der Waals surface area (Å²) in [7, 11) is 0. The molecule has 0 aliphatic carbocycles. The van der Waals surface area contributed by atoms with Crippen LogP contribution in [0.15, 0.2) is 48.5 Å². The van der Waals surface area contributed by atoms with Gasteiger partial charge in [0.05, 0.1) is 6.61 Å². The second-order valence-electron chi connectivity index (χ2n) is 3.51. The molecule has 17 heavy (non-hydrogen) atoms. The molecule has 0 bridgehead atoms. The minimum Gasteiger partial charge on any atom is -1.00 e. The van der Waals surface area contributed by atoms with Gasteiger partial charge in [0.15, 0.2) is 0 Å². The summed E-state index contributed by atoms with van der Waals surface area (Å²) >= 11 is 0. The molecule has 0 aromatic heterocycles. The van der Waals surface area contributed by atoms with Crippen molar-refractivity contribution >= 4 is 23.1 Å². The zero-order valence-corrected chi connectivity index (χ0v) is 12.8. The van der Waals surface area contributed by atoms with Gasteiger partial charge in [0.2, 0.25) is 0 Å². The Morgan fingerprint density at radius 1 is 1.00 bits per heavy atom. The second kappa shape index (κ2) is 8.56. The minimum atomic E-state index is 0. The van der Waals surface area contributed by atoms with Crippen LogP contribution in [0.4, 0.5) is 0 Å². The van der Waals surface area contributed by atoms with Crippen LogP contribution in [-0.4, -0.2) is 23.1 Å². The van der Waals surface area contributed by atoms with Crippen LogP contribution >= 0.6 is 0 Å². The molecule has 2 aromatic rings. The standard InChI is InChI=1S/C14H13O.BrH.Mg/c1-12-7-9-14(10-8-12)15-11-13-5-3-2-4-6-13;;/h3-10H,11H2,1H3;1H;/q-1;;+2/p-1. The molecule has 0 spiro atoms. The van der Waals surface area contributed by atoms with Gasteiger partial charge in [-0.15, -0.1) is 5.56 Å². The van der Waals surface area contributed by atoms with E-state index in [1.54, 1.807) is 0 Å². The number of ether oxygens (including phenoxy) is 1. The zero-order chi connectivity index (χ0) is 10.5. The van der Waals surface area contributed by atoms with Gasteiger partial charge in [0.1, 0.15) is 5.75 Å². The molecule has 84 valence electrons. The van der Waals surface area contributed by atoms with Crippen LogP contribution < -0.4 is 21.7 Å². The SMILES string of the molecule is Cc1ccc(OCc2cc[c-]cc2)cc1.[Br-].[Mg+2]. The molecule has 0 fully saturated rings. The number of hydrogen-bond acceptors (Lipinski definition) is 1. The molecule has 2 aromatic carbocycles. The summed E-state index contributed by atoms with van der Waals surface area (Å²) in [6.45, 7) is 2.68. The summed E-state index contributed by atoms with van der Waals surface area (Å²) in [5.74, 6) is 0.911. The van der Waals surface area contributed by atoms with Crippen LogP contribution in [0.2, 0.25) is 0 Å². The van der Waals surface area contributed by atoms with E-state index < -0.39 is 0 Å². The maximum absolute atomic E-state index is 5.63. The fraction of sp³-hybridized carbons (Fsp3) is 0.143. The Hall–Kier alpha value is -0.514. The van der Waals surface area contributed by atoms with Crippen molar-refractivity contribution in [1.29, 1.82) is 0 Å². The number of hydrogen-bond donors (Lipinski definition) is 0. The molecule has 3 heteroatoms. The molecular weight excluding hydrogens is 288 g/mol. The van der Waals surface area contributed by atoms with Crippen LogP contribution in [0.25, 0.3) is 0 Å². The molecule has 0 aliphatic heterocycles. The van der Waals surface area contributed by atoms with E-state index in [0.717, 1.165) is 11.3 Å². The van der Waals surface area contributed by atoms with Gasteiger partial charge in [0, 0.05) is 0 Å². The van der Waals surface area contributed by atoms with Crippen LogP contribution in [0.1, 0.15) is 11.1 Å². The van der Waals surface area contributed by atoms with Crippen molar-refractivity contribution in [3.05, 3.63) is 65.7 Å². The molecule has 0 heterocycles. The molecule has 1 nitrogen and oxygen atoms in total. The third-order valence-electron chi connectivity index (χ3n) is 2.21. The smallest absolute Gasteiger partial charge is 1.00 e. The Morgan fingerprint density at radius 3 is 2.18 bits per heavy atom. The molecule has 0 N–H and O–H groups in total. The van der Waals surface area contributed by atoms with Crippen molar-refractivity contribution in [1.82, 2.24) is 0 Å². The first-order valence-corrected chi connectivity index (χ1v) is 4.99. The van der Waals surface area contributed by atoms with Crippen LogP contribution in [0, 0.1) is 13.0 Å². The number of halogens is 1. The van der Waals surface area contributed by atoms with Gasteiger partial charge in [-0.05, 0) is 19.1 Å². The summed E-state index contributed by atoms with van der Waals surface area (Å²) in [6, 6.07) is 18.9. The van der Waals surface area contributed by atoms with Gasteiger partial charge in [-0.1, -0.05) is 17.7 Å². The average molecular weight is 301 g/mol. The first kappa shape index (κ1) is 16.5. The topological polar surface area (TPSA) is 9.23 Å². The van der Waals surface area contributed by atoms with Crippen molar-refractivity contribution in [2.24, 2.45) is 0 Å². The predicted molar refractivity (Wildman–Crippen MR) is 66.5 cm³/mol. The summed E-state index contributed by atoms with van der Waals surface area (Å²) in [6.07, 6.45) is 0. The Bertz CT molecular complexity index is 414. The van der Waals surface area contributed by atoms with Gasteiger partial charge in [-0.25, -0.2) is 0 Å². The molecule has 0 saturated carbocycles. The van der Waals surface area contributed by atoms with E-state index in [0.29, 0.717) is 6.61 Å². The van der Waals surface area contributed by atoms with E-state index in [2.05, 4.69) is 13.0 Å². The monoisotopic (exact) mass is 300 g/mol. The first-order chi connectivity index (χ1) is 7.34. The molecule has 0 aliphatic rings. The van der Waals surface area contributed by atoms with Crippen molar-refractivity contribution in [3.63, 3.8) is 0 Å². The van der Waals surface area contributed by atoms with Crippen molar-refractivity contribution in [2.45, 2.75) is 13.5 Å². The molecule has 0 saturated heterocycles. The molecule has 0 amide bonds. The van der Waals surface area contributed by atoms with E-state index in [1.165, 1.54) is 5.56 Å². The van der Waals surface area contributed by atoms with Gasteiger partial charge >= 0.3 is 23.1 Å². The molecule has 0 radical (unpaired) electrons. The van der Waals surface area contributed by atoms with Gasteiger partial charge < -0.3 is 21.7 Å². The number of rotatable bonds is 3. The molecule has 0 unspecified atom stereocenters. The first-order valence-electron chi connectivity index (χ1n) is 4.99. The van der Waals surface area contributed by atoms with Crippen molar-refractivity contribution in [3.8, 4) is 5.75 Å². The maximum atomic E-state index is 5.63. The quantitative estimate of drug-likeness (QED) is 0.573. The summed E-state index contributed by atoms with van der Waals surface area (Å²) < 4.78 is 5.63. The molecule has 2 rings (SSSR count). The number of aryl methyl sites for hydroxylation is 1. The van der Waals surface area contributed by atoms with Crippen LogP contribution in [0.5, 0.6) is 5.75 Å². The third-order valence-corrected chi connectivity index (χ3v) is 2.21. The summed E-state index contributed by atoms with van der Waals surface area (Å²) in [5, 5.41) is 0. The van der Waals surface area contributed by atoms with Crippen LogP contribution in [-0.2, 0) is 6.61 Å². The average Bonchev–Trinajstić information content (AvgIpc) is 2.30. The fourth-order valence-corrected chi connectivity index (χ4v) is 1.32. The predicted octanol–water partition coefficient (Wildman–Crippen LogP) is -0.00259. The fourth-order valence-electron chi connectivity index (χ4n) is 1.32. The normalized spacial score (nSPS) is 8.76. The van der Waals surface area contributed by atoms with Gasteiger partial charge in [-0.3, -0.25) is 0 Å². The van der Waals surface area contributed by atoms with E-state index in [1.807, 2.05) is 48.5 Å². The van der Waals surface area contributed by atoms with Gasteiger partial charge in [0.25, 0.3) is 0 Å². The Balaban J connectivity index is 0.00000128. The van der Waals surface area contributed by atoms with E-state index in [-0.39, 0.29) is 40.0 Å². The van der Waals surface area contributed by atoms with E-state index in [9.17, 15) is 0 Å². The summed E-state index contributed by atoms with van der Waals surface area (Å²) in [5.41, 5.74) is 2.41. The van der Waals surface area contributed by atoms with E-state index >= 15 is 0 Å². The number of benzene rings is 2. The summed E-state index contributed by atoms with van der Waals surface area (Å²) in [4.78, 5) is 0. The Labute approximate surface area is 129 Å². The molecular formula is C14H13BrMgO. The Morgan fingerprint density at radius 2 is 1.59 bits per heavy atom. The zero-order valence-electron chi connectivity index (χ0n) is 9.82. The minimum absolute atomic E-state index is 0. The van der Waals surface area contributed by atoms with Crippen molar-refractivity contribution in [2.75, 3.05) is 0 Å². The van der Waals surface area contributed by atoms with E-state index in [4.69, 9.17) is 4.74 Å². The Kier molecular flexibility index (Phi) is 8.30. The second-order valence-corrected chi connectivity index (χ2v) is 3.51. The van der Waals surface area contributed by atoms with Crippen molar-refractivity contribution < 1.29 is 21.7 Å². The van der Waals surface area contributed by atoms with Crippen LogP contribution in [0.3, 0.4) is 0 Å². The third kappa shape index (κ3) is 5.57. The maximum Gasteiger partial charge on any atom is 2.00 e. The molecule has 0 atom stereocenters.